The van der Waals surface area contributed by atoms with Crippen molar-refractivity contribution in [2.45, 2.75) is 25.7 Å². The van der Waals surface area contributed by atoms with Crippen LogP contribution in [0.4, 0.5) is 0 Å². The minimum atomic E-state index is 0.140. The summed E-state index contributed by atoms with van der Waals surface area (Å²) in [5.41, 5.74) is 5.67. The van der Waals surface area contributed by atoms with Crippen molar-refractivity contribution in [1.29, 1.82) is 0 Å². The second kappa shape index (κ2) is 4.89. The highest BCUT2D eigenvalue weighted by atomic mass is 16.5. The zero-order valence-corrected chi connectivity index (χ0v) is 9.18. The molecular formula is C10H15N5O. The minimum Gasteiger partial charge on any atom is -0.342 e. The highest BCUT2D eigenvalue weighted by molar-refractivity contribution is 5.40. The van der Waals surface area contributed by atoms with Gasteiger partial charge in [-0.05, 0) is 6.42 Å². The largest absolute Gasteiger partial charge is 0.342 e. The molecule has 0 spiro atoms. The van der Waals surface area contributed by atoms with Gasteiger partial charge in [0.05, 0.1) is 5.92 Å². The van der Waals surface area contributed by atoms with Crippen molar-refractivity contribution in [3.05, 3.63) is 18.3 Å². The lowest BCUT2D eigenvalue weighted by atomic mass is 10.0. The fraction of sp³-hybridized carbons (Fsp3) is 0.500. The van der Waals surface area contributed by atoms with Gasteiger partial charge in [0.1, 0.15) is 0 Å². The maximum Gasteiger partial charge on any atom is 0.238 e. The SMILES string of the molecule is CCCC(CN)c1nc(-c2ncc[nH]2)no1. The minimum absolute atomic E-state index is 0.140. The number of imidazole rings is 1. The highest BCUT2D eigenvalue weighted by Gasteiger charge is 2.18. The smallest absolute Gasteiger partial charge is 0.238 e. The van der Waals surface area contributed by atoms with Crippen molar-refractivity contribution < 1.29 is 4.52 Å². The number of rotatable bonds is 5. The van der Waals surface area contributed by atoms with E-state index < -0.39 is 0 Å². The van der Waals surface area contributed by atoms with E-state index in [1.54, 1.807) is 12.4 Å². The molecule has 16 heavy (non-hydrogen) atoms. The van der Waals surface area contributed by atoms with Crippen molar-refractivity contribution in [2.24, 2.45) is 5.73 Å². The number of nitrogens with two attached hydrogens (primary N) is 1. The third-order valence-corrected chi connectivity index (χ3v) is 2.42. The predicted octanol–water partition coefficient (Wildman–Crippen LogP) is 1.30. The highest BCUT2D eigenvalue weighted by Crippen LogP contribution is 2.20. The number of H-pyrrole nitrogens is 1. The van der Waals surface area contributed by atoms with Gasteiger partial charge < -0.3 is 15.2 Å². The van der Waals surface area contributed by atoms with E-state index in [2.05, 4.69) is 27.0 Å². The van der Waals surface area contributed by atoms with Gasteiger partial charge in [-0.3, -0.25) is 0 Å². The predicted molar refractivity (Wildman–Crippen MR) is 58.6 cm³/mol. The van der Waals surface area contributed by atoms with Gasteiger partial charge in [-0.1, -0.05) is 18.5 Å². The molecule has 0 saturated carbocycles. The van der Waals surface area contributed by atoms with E-state index in [-0.39, 0.29) is 5.92 Å². The maximum atomic E-state index is 5.67. The molecule has 2 aromatic heterocycles. The second-order valence-electron chi connectivity index (χ2n) is 3.62. The van der Waals surface area contributed by atoms with Crippen molar-refractivity contribution in [1.82, 2.24) is 20.1 Å². The molecule has 1 atom stereocenters. The normalized spacial score (nSPS) is 12.9. The van der Waals surface area contributed by atoms with Gasteiger partial charge in [-0.2, -0.15) is 4.98 Å². The molecule has 2 rings (SSSR count). The molecule has 0 bridgehead atoms. The summed E-state index contributed by atoms with van der Waals surface area (Å²) >= 11 is 0. The molecule has 86 valence electrons. The lowest BCUT2D eigenvalue weighted by Gasteiger charge is -2.06. The fourth-order valence-electron chi connectivity index (χ4n) is 1.58. The van der Waals surface area contributed by atoms with Crippen molar-refractivity contribution in [3.63, 3.8) is 0 Å². The number of aromatic amines is 1. The Hall–Kier alpha value is -1.69. The Bertz CT molecular complexity index is 422. The maximum absolute atomic E-state index is 5.67. The van der Waals surface area contributed by atoms with E-state index in [0.717, 1.165) is 12.8 Å². The van der Waals surface area contributed by atoms with Gasteiger partial charge in [0.15, 0.2) is 5.82 Å². The van der Waals surface area contributed by atoms with Gasteiger partial charge >= 0.3 is 0 Å². The van der Waals surface area contributed by atoms with Crippen molar-refractivity contribution in [3.8, 4) is 11.6 Å². The van der Waals surface area contributed by atoms with E-state index in [1.165, 1.54) is 0 Å². The molecule has 0 aromatic carbocycles. The summed E-state index contributed by atoms with van der Waals surface area (Å²) in [6.45, 7) is 2.63. The molecule has 6 nitrogen and oxygen atoms in total. The number of hydrogen-bond donors (Lipinski definition) is 2. The van der Waals surface area contributed by atoms with Crippen LogP contribution in [0.5, 0.6) is 0 Å². The second-order valence-corrected chi connectivity index (χ2v) is 3.62. The molecule has 0 aliphatic rings. The summed E-state index contributed by atoms with van der Waals surface area (Å²) in [6, 6.07) is 0. The average Bonchev–Trinajstić information content (AvgIpc) is 2.95. The third-order valence-electron chi connectivity index (χ3n) is 2.42. The third kappa shape index (κ3) is 2.11. The van der Waals surface area contributed by atoms with Crippen LogP contribution in [0.1, 0.15) is 31.6 Å². The number of hydrogen-bond acceptors (Lipinski definition) is 5. The summed E-state index contributed by atoms with van der Waals surface area (Å²) in [4.78, 5) is 11.3. The van der Waals surface area contributed by atoms with Gasteiger partial charge in [-0.15, -0.1) is 0 Å². The van der Waals surface area contributed by atoms with Crippen LogP contribution in [0.15, 0.2) is 16.9 Å². The Morgan fingerprint density at radius 3 is 3.06 bits per heavy atom. The van der Waals surface area contributed by atoms with E-state index in [1.807, 2.05) is 0 Å². The first-order valence-corrected chi connectivity index (χ1v) is 5.38. The zero-order valence-electron chi connectivity index (χ0n) is 9.18. The van der Waals surface area contributed by atoms with Gasteiger partial charge in [-0.25, -0.2) is 4.98 Å². The first-order valence-electron chi connectivity index (χ1n) is 5.38. The fourth-order valence-corrected chi connectivity index (χ4v) is 1.58. The standard InChI is InChI=1S/C10H15N5O/c1-2-3-7(6-11)10-14-9(15-16-10)8-12-4-5-13-8/h4-5,7H,2-3,6,11H2,1H3,(H,12,13). The Morgan fingerprint density at radius 2 is 2.44 bits per heavy atom. The Balaban J connectivity index is 2.18. The molecule has 3 N–H and O–H groups in total. The van der Waals surface area contributed by atoms with Crippen LogP contribution in [-0.4, -0.2) is 26.7 Å². The van der Waals surface area contributed by atoms with Crippen LogP contribution in [0, 0.1) is 0 Å². The molecular weight excluding hydrogens is 206 g/mol. The van der Waals surface area contributed by atoms with E-state index in [0.29, 0.717) is 24.1 Å². The topological polar surface area (TPSA) is 93.6 Å². The van der Waals surface area contributed by atoms with Crippen molar-refractivity contribution >= 4 is 0 Å². The summed E-state index contributed by atoms with van der Waals surface area (Å²) in [5, 5.41) is 3.87. The van der Waals surface area contributed by atoms with Crippen LogP contribution < -0.4 is 5.73 Å². The monoisotopic (exact) mass is 221 g/mol. The average molecular weight is 221 g/mol. The molecule has 6 heteroatoms. The molecule has 0 radical (unpaired) electrons. The summed E-state index contributed by atoms with van der Waals surface area (Å²) < 4.78 is 5.19. The lowest BCUT2D eigenvalue weighted by Crippen LogP contribution is -2.12. The number of aromatic nitrogens is 4. The van der Waals surface area contributed by atoms with Gasteiger partial charge in [0, 0.05) is 18.9 Å². The number of nitrogens with one attached hydrogen (secondary N) is 1. The van der Waals surface area contributed by atoms with Crippen LogP contribution in [0.25, 0.3) is 11.6 Å². The Labute approximate surface area is 93.3 Å². The van der Waals surface area contributed by atoms with Gasteiger partial charge in [0.2, 0.25) is 11.7 Å². The summed E-state index contributed by atoms with van der Waals surface area (Å²) in [6.07, 6.45) is 5.37. The van der Waals surface area contributed by atoms with Crippen LogP contribution in [0.2, 0.25) is 0 Å². The molecule has 1 unspecified atom stereocenters. The molecule has 0 amide bonds. The van der Waals surface area contributed by atoms with Crippen LogP contribution in [-0.2, 0) is 0 Å². The first-order chi connectivity index (χ1) is 7.85. The Morgan fingerprint density at radius 1 is 1.56 bits per heavy atom. The van der Waals surface area contributed by atoms with Crippen LogP contribution >= 0.6 is 0 Å². The molecule has 2 aromatic rings. The quantitative estimate of drug-likeness (QED) is 0.793. The molecule has 0 aliphatic carbocycles. The number of nitrogens with zero attached hydrogens (tertiary/aromatic N) is 3. The molecule has 2 heterocycles. The zero-order chi connectivity index (χ0) is 11.4. The van der Waals surface area contributed by atoms with Crippen LogP contribution in [0.3, 0.4) is 0 Å². The lowest BCUT2D eigenvalue weighted by molar-refractivity contribution is 0.347. The molecule has 0 saturated heterocycles. The summed E-state index contributed by atoms with van der Waals surface area (Å²) in [5.74, 6) is 1.83. The van der Waals surface area contributed by atoms with E-state index >= 15 is 0 Å². The van der Waals surface area contributed by atoms with Crippen molar-refractivity contribution in [2.75, 3.05) is 6.54 Å². The Kier molecular flexibility index (Phi) is 3.31. The van der Waals surface area contributed by atoms with E-state index in [9.17, 15) is 0 Å². The van der Waals surface area contributed by atoms with Gasteiger partial charge in [0.25, 0.3) is 0 Å². The molecule has 0 aliphatic heterocycles. The summed E-state index contributed by atoms with van der Waals surface area (Å²) in [7, 11) is 0. The molecule has 0 fully saturated rings. The van der Waals surface area contributed by atoms with E-state index in [4.69, 9.17) is 10.3 Å². The first kappa shape index (κ1) is 10.8.